The average Bonchev–Trinajstić information content (AvgIpc) is 3.22. The lowest BCUT2D eigenvalue weighted by molar-refractivity contribution is 0.0312. The third kappa shape index (κ3) is 3.40. The quantitative estimate of drug-likeness (QED) is 0.499. The van der Waals surface area contributed by atoms with Gasteiger partial charge in [0, 0.05) is 11.1 Å². The van der Waals surface area contributed by atoms with Crippen molar-refractivity contribution < 1.29 is 23.9 Å². The van der Waals surface area contributed by atoms with E-state index in [9.17, 15) is 14.4 Å². The molecule has 0 radical (unpaired) electrons. The highest BCUT2D eigenvalue weighted by atomic mass is 16.5. The monoisotopic (exact) mass is 383 g/mol. The van der Waals surface area contributed by atoms with Gasteiger partial charge in [0.1, 0.15) is 0 Å². The molecule has 0 fully saturated rings. The van der Waals surface area contributed by atoms with Crippen LogP contribution in [-0.4, -0.2) is 45.6 Å². The van der Waals surface area contributed by atoms with Crippen molar-refractivity contribution in [3.8, 4) is 0 Å². The van der Waals surface area contributed by atoms with Crippen LogP contribution >= 0.6 is 0 Å². The number of hydrogen-bond acceptors (Lipinski definition) is 6. The van der Waals surface area contributed by atoms with Gasteiger partial charge < -0.3 is 14.5 Å². The minimum Gasteiger partial charge on any atom is -0.462 e. The molecule has 1 aromatic carbocycles. The van der Waals surface area contributed by atoms with Crippen molar-refractivity contribution in [1.82, 2.24) is 15.2 Å². The van der Waals surface area contributed by atoms with E-state index in [0.717, 1.165) is 0 Å². The summed E-state index contributed by atoms with van der Waals surface area (Å²) < 4.78 is 10.4. The topological polar surface area (TPSA) is 114 Å². The first kappa shape index (κ1) is 19.3. The number of nitrogens with zero attached hydrogens (tertiary/aromatic N) is 1. The van der Waals surface area contributed by atoms with Crippen molar-refractivity contribution in [2.45, 2.75) is 33.8 Å². The largest absolute Gasteiger partial charge is 0.462 e. The van der Waals surface area contributed by atoms with Crippen molar-refractivity contribution in [3.05, 3.63) is 52.5 Å². The number of ether oxygens (including phenoxy) is 2. The fraction of sp³-hybridized carbons (Fsp3) is 0.300. The molecule has 0 bridgehead atoms. The van der Waals surface area contributed by atoms with E-state index >= 15 is 0 Å². The number of aryl methyl sites for hydroxylation is 1. The van der Waals surface area contributed by atoms with Crippen LogP contribution in [0.4, 0.5) is 0 Å². The van der Waals surface area contributed by atoms with Gasteiger partial charge in [0.2, 0.25) is 5.78 Å². The van der Waals surface area contributed by atoms with Crippen molar-refractivity contribution >= 4 is 28.6 Å². The second kappa shape index (κ2) is 7.67. The molecule has 8 heteroatoms. The van der Waals surface area contributed by atoms with Crippen LogP contribution in [0.5, 0.6) is 0 Å². The van der Waals surface area contributed by atoms with E-state index in [0.29, 0.717) is 27.7 Å². The summed E-state index contributed by atoms with van der Waals surface area (Å²) >= 11 is 0. The summed E-state index contributed by atoms with van der Waals surface area (Å²) in [4.78, 5) is 40.3. The highest BCUT2D eigenvalue weighted by Crippen LogP contribution is 2.22. The van der Waals surface area contributed by atoms with E-state index < -0.39 is 23.8 Å². The third-order valence-corrected chi connectivity index (χ3v) is 4.48. The van der Waals surface area contributed by atoms with Gasteiger partial charge in [-0.2, -0.15) is 5.10 Å². The molecular weight excluding hydrogens is 362 g/mol. The Morgan fingerprint density at radius 1 is 1.14 bits per heavy atom. The normalized spacial score (nSPS) is 12.0. The Hall–Kier alpha value is -3.42. The van der Waals surface area contributed by atoms with Gasteiger partial charge in [0.15, 0.2) is 11.8 Å². The van der Waals surface area contributed by atoms with E-state index in [1.54, 1.807) is 39.0 Å². The highest BCUT2D eigenvalue weighted by Gasteiger charge is 2.28. The maximum Gasteiger partial charge on any atom is 0.360 e. The van der Waals surface area contributed by atoms with Gasteiger partial charge in [0.05, 0.1) is 23.4 Å². The summed E-state index contributed by atoms with van der Waals surface area (Å²) in [5, 5.41) is 7.35. The van der Waals surface area contributed by atoms with Crippen LogP contribution in [0.25, 0.3) is 10.9 Å². The SMILES string of the molecule is CCOC(=O)c1c(C)[nH]c(C(=O)[C@@H](C)OC(=O)c2n[nH]c3ccccc23)c1C. The molecule has 3 aromatic rings. The molecule has 0 aliphatic heterocycles. The molecule has 2 N–H and O–H groups in total. The number of rotatable bonds is 6. The summed E-state index contributed by atoms with van der Waals surface area (Å²) in [6, 6.07) is 7.13. The molecule has 28 heavy (non-hydrogen) atoms. The first-order valence-corrected chi connectivity index (χ1v) is 8.89. The van der Waals surface area contributed by atoms with E-state index in [1.165, 1.54) is 6.92 Å². The van der Waals surface area contributed by atoms with Crippen LogP contribution < -0.4 is 0 Å². The average molecular weight is 383 g/mol. The van der Waals surface area contributed by atoms with Crippen molar-refractivity contribution in [3.63, 3.8) is 0 Å². The van der Waals surface area contributed by atoms with Crippen molar-refractivity contribution in [2.75, 3.05) is 6.61 Å². The lowest BCUT2D eigenvalue weighted by Crippen LogP contribution is -2.25. The fourth-order valence-corrected chi connectivity index (χ4v) is 3.10. The molecule has 0 saturated heterocycles. The number of benzene rings is 1. The van der Waals surface area contributed by atoms with E-state index in [4.69, 9.17) is 9.47 Å². The third-order valence-electron chi connectivity index (χ3n) is 4.48. The predicted molar refractivity (Wildman–Crippen MR) is 102 cm³/mol. The van der Waals surface area contributed by atoms with E-state index in [2.05, 4.69) is 15.2 Å². The number of hydrogen-bond donors (Lipinski definition) is 2. The number of ketones is 1. The van der Waals surface area contributed by atoms with Crippen LogP contribution in [-0.2, 0) is 9.47 Å². The number of H-pyrrole nitrogens is 2. The first-order valence-electron chi connectivity index (χ1n) is 8.89. The summed E-state index contributed by atoms with van der Waals surface area (Å²) in [5.41, 5.74) is 2.34. The number of para-hydroxylation sites is 1. The zero-order valence-corrected chi connectivity index (χ0v) is 16.1. The molecule has 0 amide bonds. The van der Waals surface area contributed by atoms with Crippen LogP contribution in [0.3, 0.4) is 0 Å². The number of aromatic nitrogens is 3. The zero-order chi connectivity index (χ0) is 20.4. The molecule has 2 aromatic heterocycles. The molecule has 0 aliphatic rings. The number of nitrogens with one attached hydrogen (secondary N) is 2. The number of esters is 2. The fourth-order valence-electron chi connectivity index (χ4n) is 3.10. The van der Waals surface area contributed by atoms with Crippen molar-refractivity contribution in [1.29, 1.82) is 0 Å². The number of carbonyl (C=O) groups excluding carboxylic acids is 3. The Morgan fingerprint density at radius 3 is 2.57 bits per heavy atom. The first-order chi connectivity index (χ1) is 13.3. The van der Waals surface area contributed by atoms with Gasteiger partial charge in [-0.05, 0) is 39.3 Å². The van der Waals surface area contributed by atoms with Gasteiger partial charge in [-0.3, -0.25) is 9.89 Å². The summed E-state index contributed by atoms with van der Waals surface area (Å²) in [6.45, 7) is 6.76. The molecule has 2 heterocycles. The maximum atomic E-state index is 12.8. The standard InChI is InChI=1S/C20H21N3O5/c1-5-27-19(25)15-10(2)16(21-11(15)3)18(24)12(4)28-20(26)17-13-8-6-7-9-14(13)22-23-17/h6-9,12,21H,5H2,1-4H3,(H,22,23)/t12-/m1/s1. The van der Waals surface area contributed by atoms with Crippen LogP contribution in [0.15, 0.2) is 24.3 Å². The Balaban J connectivity index is 1.80. The predicted octanol–water partition coefficient (Wildman–Crippen LogP) is 3.11. The van der Waals surface area contributed by atoms with Crippen LogP contribution in [0, 0.1) is 13.8 Å². The Morgan fingerprint density at radius 2 is 1.86 bits per heavy atom. The summed E-state index contributed by atoms with van der Waals surface area (Å²) in [5.74, 6) is -1.64. The number of Topliss-reactive ketones (excluding diaryl/α,β-unsaturated/α-hetero) is 1. The molecule has 0 saturated carbocycles. The molecule has 3 rings (SSSR count). The van der Waals surface area contributed by atoms with Gasteiger partial charge in [0.25, 0.3) is 0 Å². The van der Waals surface area contributed by atoms with Gasteiger partial charge in [-0.15, -0.1) is 0 Å². The summed E-state index contributed by atoms with van der Waals surface area (Å²) in [7, 11) is 0. The molecule has 8 nitrogen and oxygen atoms in total. The Kier molecular flexibility index (Phi) is 5.30. The molecule has 0 spiro atoms. The van der Waals surface area contributed by atoms with Gasteiger partial charge in [-0.25, -0.2) is 9.59 Å². The van der Waals surface area contributed by atoms with Crippen LogP contribution in [0.1, 0.15) is 56.4 Å². The van der Waals surface area contributed by atoms with Gasteiger partial charge in [-0.1, -0.05) is 18.2 Å². The van der Waals surface area contributed by atoms with Crippen LogP contribution in [0.2, 0.25) is 0 Å². The molecule has 146 valence electrons. The highest BCUT2D eigenvalue weighted by molar-refractivity contribution is 6.06. The summed E-state index contributed by atoms with van der Waals surface area (Å²) in [6.07, 6.45) is -1.06. The number of carbonyl (C=O) groups is 3. The molecule has 1 atom stereocenters. The van der Waals surface area contributed by atoms with E-state index in [1.807, 2.05) is 6.07 Å². The second-order valence-electron chi connectivity index (χ2n) is 6.38. The molecular formula is C20H21N3O5. The van der Waals surface area contributed by atoms with E-state index in [-0.39, 0.29) is 18.0 Å². The van der Waals surface area contributed by atoms with Crippen molar-refractivity contribution in [2.24, 2.45) is 0 Å². The lowest BCUT2D eigenvalue weighted by Gasteiger charge is -2.11. The molecule has 0 aliphatic carbocycles. The Bertz CT molecular complexity index is 1060. The minimum atomic E-state index is -1.06. The number of fused-ring (bicyclic) bond motifs is 1. The zero-order valence-electron chi connectivity index (χ0n) is 16.1. The smallest absolute Gasteiger partial charge is 0.360 e. The molecule has 0 unspecified atom stereocenters. The number of aromatic amines is 2. The second-order valence-corrected chi connectivity index (χ2v) is 6.38. The van der Waals surface area contributed by atoms with Gasteiger partial charge >= 0.3 is 11.9 Å². The Labute approximate surface area is 161 Å². The lowest BCUT2D eigenvalue weighted by atomic mass is 10.1. The maximum absolute atomic E-state index is 12.8. The minimum absolute atomic E-state index is 0.113.